The third kappa shape index (κ3) is 3.39. The van der Waals surface area contributed by atoms with E-state index in [1.807, 2.05) is 0 Å². The van der Waals surface area contributed by atoms with Gasteiger partial charge in [0.1, 0.15) is 6.29 Å². The monoisotopic (exact) mass is 265 g/mol. The molecule has 0 spiro atoms. The second-order valence-corrected chi connectivity index (χ2v) is 7.67. The number of carbonyl (C=O) groups is 1. The van der Waals surface area contributed by atoms with Crippen molar-refractivity contribution in [1.29, 1.82) is 0 Å². The van der Waals surface area contributed by atoms with Gasteiger partial charge in [0.05, 0.1) is 0 Å². The zero-order chi connectivity index (χ0) is 14.0. The molecule has 0 aromatic heterocycles. The van der Waals surface area contributed by atoms with Gasteiger partial charge in [-0.3, -0.25) is 4.90 Å². The Morgan fingerprint density at radius 1 is 1.21 bits per heavy atom. The summed E-state index contributed by atoms with van der Waals surface area (Å²) in [6.45, 7) is 11.5. The molecule has 1 saturated carbocycles. The number of nitrogens with zero attached hydrogens (tertiary/aromatic N) is 1. The summed E-state index contributed by atoms with van der Waals surface area (Å²) in [5.74, 6) is 2.25. The minimum absolute atomic E-state index is 0.0529. The number of piperidine rings is 1. The van der Waals surface area contributed by atoms with Gasteiger partial charge in [-0.15, -0.1) is 0 Å². The molecule has 0 radical (unpaired) electrons. The predicted molar refractivity (Wildman–Crippen MR) is 80.1 cm³/mol. The Morgan fingerprint density at radius 2 is 1.95 bits per heavy atom. The van der Waals surface area contributed by atoms with Gasteiger partial charge < -0.3 is 4.79 Å². The van der Waals surface area contributed by atoms with Gasteiger partial charge in [-0.1, -0.05) is 33.6 Å². The van der Waals surface area contributed by atoms with E-state index in [0.29, 0.717) is 12.0 Å². The summed E-state index contributed by atoms with van der Waals surface area (Å²) in [6, 6.07) is 0.630. The summed E-state index contributed by atoms with van der Waals surface area (Å²) in [4.78, 5) is 14.3. The lowest BCUT2D eigenvalue weighted by atomic mass is 9.70. The molecular weight excluding hydrogens is 234 g/mol. The van der Waals surface area contributed by atoms with Gasteiger partial charge in [0.25, 0.3) is 0 Å². The molecule has 0 N–H and O–H groups in total. The van der Waals surface area contributed by atoms with Gasteiger partial charge in [0, 0.05) is 24.5 Å². The van der Waals surface area contributed by atoms with Crippen LogP contribution >= 0.6 is 0 Å². The largest absolute Gasteiger partial charge is 0.303 e. The molecule has 2 aliphatic rings. The van der Waals surface area contributed by atoms with Crippen molar-refractivity contribution in [2.24, 2.45) is 23.2 Å². The van der Waals surface area contributed by atoms with E-state index in [-0.39, 0.29) is 5.41 Å². The summed E-state index contributed by atoms with van der Waals surface area (Å²) in [5, 5.41) is 0. The maximum atomic E-state index is 11.7. The van der Waals surface area contributed by atoms with Crippen LogP contribution in [0.4, 0.5) is 0 Å². The van der Waals surface area contributed by atoms with E-state index in [4.69, 9.17) is 0 Å². The van der Waals surface area contributed by atoms with Crippen LogP contribution in [0.15, 0.2) is 0 Å². The molecule has 0 aromatic rings. The van der Waals surface area contributed by atoms with Crippen LogP contribution in [0.2, 0.25) is 0 Å². The maximum Gasteiger partial charge on any atom is 0.127 e. The Bertz CT molecular complexity index is 316. The summed E-state index contributed by atoms with van der Waals surface area (Å²) < 4.78 is 0. The van der Waals surface area contributed by atoms with Gasteiger partial charge in [-0.2, -0.15) is 0 Å². The number of likely N-dealkylation sites (tertiary alicyclic amines) is 1. The topological polar surface area (TPSA) is 20.3 Å². The predicted octanol–water partition coefficient (Wildman–Crippen LogP) is 3.75. The van der Waals surface area contributed by atoms with Gasteiger partial charge in [-0.05, 0) is 43.9 Å². The molecule has 110 valence electrons. The van der Waals surface area contributed by atoms with E-state index in [1.54, 1.807) is 0 Å². The maximum absolute atomic E-state index is 11.7. The third-order valence-corrected chi connectivity index (χ3v) is 5.61. The molecule has 5 unspecified atom stereocenters. The molecule has 5 atom stereocenters. The fourth-order valence-corrected chi connectivity index (χ4v) is 4.43. The number of rotatable bonds is 3. The van der Waals surface area contributed by atoms with Crippen molar-refractivity contribution in [2.45, 2.75) is 65.8 Å². The Labute approximate surface area is 118 Å². The zero-order valence-electron chi connectivity index (χ0n) is 13.2. The van der Waals surface area contributed by atoms with Crippen molar-refractivity contribution in [3.05, 3.63) is 0 Å². The van der Waals surface area contributed by atoms with E-state index < -0.39 is 0 Å². The Hall–Kier alpha value is -0.370. The molecule has 1 heterocycles. The number of hydrogen-bond acceptors (Lipinski definition) is 2. The number of hydrogen-bond donors (Lipinski definition) is 0. The molecule has 1 saturated heterocycles. The highest BCUT2D eigenvalue weighted by Gasteiger charge is 2.39. The lowest BCUT2D eigenvalue weighted by molar-refractivity contribution is -0.121. The highest BCUT2D eigenvalue weighted by atomic mass is 16.1. The Kier molecular flexibility index (Phi) is 4.70. The summed E-state index contributed by atoms with van der Waals surface area (Å²) >= 11 is 0. The lowest BCUT2D eigenvalue weighted by Gasteiger charge is -2.46. The van der Waals surface area contributed by atoms with Gasteiger partial charge in [0.2, 0.25) is 0 Å². The average Bonchev–Trinajstić information content (AvgIpc) is 2.35. The summed E-state index contributed by atoms with van der Waals surface area (Å²) in [7, 11) is 0. The second kappa shape index (κ2) is 5.95. The van der Waals surface area contributed by atoms with Crippen LogP contribution < -0.4 is 0 Å². The Balaban J connectivity index is 2.06. The van der Waals surface area contributed by atoms with Crippen molar-refractivity contribution in [3.63, 3.8) is 0 Å². The number of aldehydes is 1. The molecular formula is C17H31NO. The molecule has 19 heavy (non-hydrogen) atoms. The highest BCUT2D eigenvalue weighted by molar-refractivity contribution is 5.60. The van der Waals surface area contributed by atoms with Gasteiger partial charge >= 0.3 is 0 Å². The van der Waals surface area contributed by atoms with Gasteiger partial charge in [0.15, 0.2) is 0 Å². The minimum Gasteiger partial charge on any atom is -0.303 e. The van der Waals surface area contributed by atoms with Crippen LogP contribution in [0.25, 0.3) is 0 Å². The smallest absolute Gasteiger partial charge is 0.127 e. The van der Waals surface area contributed by atoms with E-state index in [9.17, 15) is 4.79 Å². The minimum atomic E-state index is -0.0529. The molecule has 0 amide bonds. The van der Waals surface area contributed by atoms with E-state index >= 15 is 0 Å². The third-order valence-electron chi connectivity index (χ3n) is 5.61. The number of carbonyl (C=O) groups excluding carboxylic acids is 1. The summed E-state index contributed by atoms with van der Waals surface area (Å²) in [5.41, 5.74) is -0.0529. The molecule has 1 aliphatic heterocycles. The van der Waals surface area contributed by atoms with Crippen LogP contribution in [0, 0.1) is 23.2 Å². The van der Waals surface area contributed by atoms with E-state index in [2.05, 4.69) is 32.6 Å². The first-order valence-electron chi connectivity index (χ1n) is 8.16. The van der Waals surface area contributed by atoms with Crippen molar-refractivity contribution in [1.82, 2.24) is 4.90 Å². The van der Waals surface area contributed by atoms with Crippen molar-refractivity contribution >= 4 is 6.29 Å². The van der Waals surface area contributed by atoms with Crippen LogP contribution in [-0.2, 0) is 4.79 Å². The summed E-state index contributed by atoms with van der Waals surface area (Å²) in [6.07, 6.45) is 7.36. The molecule has 1 aliphatic carbocycles. The highest BCUT2D eigenvalue weighted by Crippen LogP contribution is 2.40. The van der Waals surface area contributed by atoms with Gasteiger partial charge in [-0.25, -0.2) is 0 Å². The lowest BCUT2D eigenvalue weighted by Crippen LogP contribution is -2.51. The van der Waals surface area contributed by atoms with Crippen LogP contribution in [0.5, 0.6) is 0 Å². The standard InChI is InChI=1S/C17H31NO/c1-13-6-5-7-17(9-13,12-19)11-18-10-14(2)8-15(3)16(18)4/h12-16H,5-11H2,1-4H3. The fourth-order valence-electron chi connectivity index (χ4n) is 4.43. The molecule has 2 rings (SSSR count). The first kappa shape index (κ1) is 15.0. The SMILES string of the molecule is CC1CC(C)C(C)N(CC2(C=O)CCCC(C)C2)C1. The molecule has 2 fully saturated rings. The van der Waals surface area contributed by atoms with Crippen molar-refractivity contribution in [3.8, 4) is 0 Å². The fraction of sp³-hybridized carbons (Fsp3) is 0.941. The second-order valence-electron chi connectivity index (χ2n) is 7.67. The van der Waals surface area contributed by atoms with Crippen LogP contribution in [0.1, 0.15) is 59.8 Å². The molecule has 0 aromatic carbocycles. The zero-order valence-corrected chi connectivity index (χ0v) is 13.2. The van der Waals surface area contributed by atoms with Crippen LogP contribution in [-0.4, -0.2) is 30.3 Å². The Morgan fingerprint density at radius 3 is 2.58 bits per heavy atom. The van der Waals surface area contributed by atoms with Crippen molar-refractivity contribution in [2.75, 3.05) is 13.1 Å². The first-order valence-corrected chi connectivity index (χ1v) is 8.16. The molecule has 0 bridgehead atoms. The van der Waals surface area contributed by atoms with Crippen molar-refractivity contribution < 1.29 is 4.79 Å². The molecule has 2 nitrogen and oxygen atoms in total. The molecule has 2 heteroatoms. The quantitative estimate of drug-likeness (QED) is 0.724. The first-order chi connectivity index (χ1) is 8.96. The van der Waals surface area contributed by atoms with E-state index in [0.717, 1.165) is 31.2 Å². The van der Waals surface area contributed by atoms with E-state index in [1.165, 1.54) is 32.1 Å². The van der Waals surface area contributed by atoms with Crippen LogP contribution in [0.3, 0.4) is 0 Å². The average molecular weight is 265 g/mol. The normalized spacial score (nSPS) is 45.1.